The van der Waals surface area contributed by atoms with Gasteiger partial charge < -0.3 is 10.2 Å². The monoisotopic (exact) mass is 274 g/mol. The highest BCUT2D eigenvalue weighted by molar-refractivity contribution is 5.37. The highest BCUT2D eigenvalue weighted by Crippen LogP contribution is 2.16. The molecule has 1 unspecified atom stereocenters. The molecule has 0 saturated carbocycles. The average molecular weight is 274 g/mol. The standard InChI is InChI=1S/C18H30N2/c1-14-9-16(3)18(17(4)10-14)12-19-11-15(2)13-20-7-5-6-8-20/h9-10,15,19H,5-8,11-13H2,1-4H3. The lowest BCUT2D eigenvalue weighted by Crippen LogP contribution is -2.31. The lowest BCUT2D eigenvalue weighted by molar-refractivity contribution is 0.282. The Hall–Kier alpha value is -0.860. The Kier molecular flexibility index (Phi) is 5.62. The van der Waals surface area contributed by atoms with Crippen molar-refractivity contribution in [3.05, 3.63) is 34.4 Å². The lowest BCUT2D eigenvalue weighted by Gasteiger charge is -2.21. The average Bonchev–Trinajstić information content (AvgIpc) is 2.85. The van der Waals surface area contributed by atoms with Crippen molar-refractivity contribution in [2.75, 3.05) is 26.2 Å². The van der Waals surface area contributed by atoms with Crippen LogP contribution in [0.5, 0.6) is 0 Å². The Balaban J connectivity index is 1.77. The zero-order chi connectivity index (χ0) is 14.5. The first-order valence-electron chi connectivity index (χ1n) is 8.06. The van der Waals surface area contributed by atoms with Gasteiger partial charge in [-0.3, -0.25) is 0 Å². The Labute approximate surface area is 124 Å². The predicted molar refractivity (Wildman–Crippen MR) is 87.2 cm³/mol. The van der Waals surface area contributed by atoms with E-state index >= 15 is 0 Å². The summed E-state index contributed by atoms with van der Waals surface area (Å²) in [6.07, 6.45) is 2.78. The summed E-state index contributed by atoms with van der Waals surface area (Å²) >= 11 is 0. The lowest BCUT2D eigenvalue weighted by atomic mass is 9.99. The SMILES string of the molecule is Cc1cc(C)c(CNCC(C)CN2CCCC2)c(C)c1. The molecular formula is C18H30N2. The maximum absolute atomic E-state index is 3.65. The molecule has 2 rings (SSSR count). The van der Waals surface area contributed by atoms with Gasteiger partial charge in [-0.1, -0.05) is 24.6 Å². The summed E-state index contributed by atoms with van der Waals surface area (Å²) in [5, 5.41) is 3.65. The maximum Gasteiger partial charge on any atom is 0.0210 e. The number of nitrogens with zero attached hydrogens (tertiary/aromatic N) is 1. The molecule has 20 heavy (non-hydrogen) atoms. The van der Waals surface area contributed by atoms with E-state index in [0.29, 0.717) is 0 Å². The van der Waals surface area contributed by atoms with Crippen LogP contribution in [0.3, 0.4) is 0 Å². The van der Waals surface area contributed by atoms with Crippen LogP contribution in [0.25, 0.3) is 0 Å². The molecule has 0 aromatic heterocycles. The van der Waals surface area contributed by atoms with Crippen molar-refractivity contribution in [2.24, 2.45) is 5.92 Å². The van der Waals surface area contributed by atoms with Crippen molar-refractivity contribution in [3.8, 4) is 0 Å². The Bertz CT molecular complexity index is 410. The van der Waals surface area contributed by atoms with E-state index in [-0.39, 0.29) is 0 Å². The normalized spacial score (nSPS) is 17.6. The van der Waals surface area contributed by atoms with Crippen molar-refractivity contribution in [3.63, 3.8) is 0 Å². The molecule has 1 fully saturated rings. The van der Waals surface area contributed by atoms with Crippen molar-refractivity contribution >= 4 is 0 Å². The molecule has 112 valence electrons. The highest BCUT2D eigenvalue weighted by Gasteiger charge is 2.14. The third-order valence-electron chi connectivity index (χ3n) is 4.40. The van der Waals surface area contributed by atoms with Crippen LogP contribution in [0.15, 0.2) is 12.1 Å². The third-order valence-corrected chi connectivity index (χ3v) is 4.40. The van der Waals surface area contributed by atoms with Crippen LogP contribution >= 0.6 is 0 Å². The fraction of sp³-hybridized carbons (Fsp3) is 0.667. The minimum absolute atomic E-state index is 0.735. The fourth-order valence-corrected chi connectivity index (χ4v) is 3.40. The van der Waals surface area contributed by atoms with E-state index in [1.165, 1.54) is 54.7 Å². The first-order valence-corrected chi connectivity index (χ1v) is 8.06. The summed E-state index contributed by atoms with van der Waals surface area (Å²) in [6, 6.07) is 4.58. The van der Waals surface area contributed by atoms with Gasteiger partial charge in [0.2, 0.25) is 0 Å². The molecule has 0 bridgehead atoms. The molecule has 1 aliphatic rings. The highest BCUT2D eigenvalue weighted by atomic mass is 15.1. The molecule has 1 saturated heterocycles. The largest absolute Gasteiger partial charge is 0.312 e. The van der Waals surface area contributed by atoms with Gasteiger partial charge in [0.05, 0.1) is 0 Å². The maximum atomic E-state index is 3.65. The molecule has 2 nitrogen and oxygen atoms in total. The minimum Gasteiger partial charge on any atom is -0.312 e. The van der Waals surface area contributed by atoms with E-state index in [1.54, 1.807) is 0 Å². The summed E-state index contributed by atoms with van der Waals surface area (Å²) in [4.78, 5) is 2.61. The Morgan fingerprint density at radius 2 is 1.70 bits per heavy atom. The van der Waals surface area contributed by atoms with Crippen molar-refractivity contribution in [1.82, 2.24) is 10.2 Å². The van der Waals surface area contributed by atoms with Crippen LogP contribution in [0.2, 0.25) is 0 Å². The van der Waals surface area contributed by atoms with Crippen LogP contribution in [-0.2, 0) is 6.54 Å². The minimum atomic E-state index is 0.735. The van der Waals surface area contributed by atoms with E-state index in [1.807, 2.05) is 0 Å². The van der Waals surface area contributed by atoms with E-state index in [9.17, 15) is 0 Å². The van der Waals surface area contributed by atoms with Crippen molar-refractivity contribution in [1.29, 1.82) is 0 Å². The van der Waals surface area contributed by atoms with E-state index in [4.69, 9.17) is 0 Å². The second-order valence-electron chi connectivity index (χ2n) is 6.62. The molecule has 1 N–H and O–H groups in total. The zero-order valence-electron chi connectivity index (χ0n) is 13.6. The van der Waals surface area contributed by atoms with Gasteiger partial charge in [-0.25, -0.2) is 0 Å². The number of nitrogens with one attached hydrogen (secondary N) is 1. The quantitative estimate of drug-likeness (QED) is 0.855. The number of benzene rings is 1. The first kappa shape index (κ1) is 15.5. The second-order valence-corrected chi connectivity index (χ2v) is 6.62. The summed E-state index contributed by atoms with van der Waals surface area (Å²) < 4.78 is 0. The van der Waals surface area contributed by atoms with E-state index in [0.717, 1.165) is 19.0 Å². The molecule has 2 heteroatoms. The van der Waals surface area contributed by atoms with Crippen LogP contribution in [-0.4, -0.2) is 31.1 Å². The van der Waals surface area contributed by atoms with E-state index in [2.05, 4.69) is 50.0 Å². The molecule has 1 aromatic carbocycles. The number of hydrogen-bond donors (Lipinski definition) is 1. The summed E-state index contributed by atoms with van der Waals surface area (Å²) in [6.45, 7) is 15.0. The fourth-order valence-electron chi connectivity index (χ4n) is 3.40. The van der Waals surface area contributed by atoms with Crippen LogP contribution in [0.1, 0.15) is 42.0 Å². The molecule has 0 spiro atoms. The van der Waals surface area contributed by atoms with E-state index < -0.39 is 0 Å². The van der Waals surface area contributed by atoms with Gasteiger partial charge in [0, 0.05) is 13.1 Å². The molecule has 1 aromatic rings. The summed E-state index contributed by atoms with van der Waals surface area (Å²) in [7, 11) is 0. The van der Waals surface area contributed by atoms with Gasteiger partial charge in [0.15, 0.2) is 0 Å². The number of rotatable bonds is 6. The van der Waals surface area contributed by atoms with Gasteiger partial charge in [0.1, 0.15) is 0 Å². The Morgan fingerprint density at radius 3 is 2.30 bits per heavy atom. The smallest absolute Gasteiger partial charge is 0.0210 e. The van der Waals surface area contributed by atoms with Gasteiger partial charge in [-0.05, 0) is 75.9 Å². The van der Waals surface area contributed by atoms with Gasteiger partial charge in [-0.2, -0.15) is 0 Å². The topological polar surface area (TPSA) is 15.3 Å². The summed E-state index contributed by atoms with van der Waals surface area (Å²) in [5.41, 5.74) is 5.68. The van der Waals surface area contributed by atoms with Crippen LogP contribution in [0.4, 0.5) is 0 Å². The molecule has 0 radical (unpaired) electrons. The molecule has 1 atom stereocenters. The molecular weight excluding hydrogens is 244 g/mol. The van der Waals surface area contributed by atoms with Crippen LogP contribution < -0.4 is 5.32 Å². The number of likely N-dealkylation sites (tertiary alicyclic amines) is 1. The summed E-state index contributed by atoms with van der Waals surface area (Å²) in [5.74, 6) is 0.735. The molecule has 0 amide bonds. The predicted octanol–water partition coefficient (Wildman–Crippen LogP) is 3.43. The second kappa shape index (κ2) is 7.24. The van der Waals surface area contributed by atoms with Crippen LogP contribution in [0, 0.1) is 26.7 Å². The third kappa shape index (κ3) is 4.32. The van der Waals surface area contributed by atoms with Crippen molar-refractivity contribution < 1.29 is 0 Å². The molecule has 0 aliphatic carbocycles. The molecule has 1 heterocycles. The zero-order valence-corrected chi connectivity index (χ0v) is 13.6. The number of aryl methyl sites for hydroxylation is 3. The first-order chi connectivity index (χ1) is 9.56. The van der Waals surface area contributed by atoms with Crippen molar-refractivity contribution in [2.45, 2.75) is 47.1 Å². The number of hydrogen-bond acceptors (Lipinski definition) is 2. The van der Waals surface area contributed by atoms with Gasteiger partial charge in [-0.15, -0.1) is 0 Å². The molecule has 1 aliphatic heterocycles. The van der Waals surface area contributed by atoms with Gasteiger partial charge in [0.25, 0.3) is 0 Å². The van der Waals surface area contributed by atoms with Gasteiger partial charge >= 0.3 is 0 Å². The Morgan fingerprint density at radius 1 is 1.10 bits per heavy atom.